The van der Waals surface area contributed by atoms with Crippen molar-refractivity contribution in [2.45, 2.75) is 0 Å². The molecule has 2 N–H and O–H groups in total. The summed E-state index contributed by atoms with van der Waals surface area (Å²) in [4.78, 5) is 34.6. The number of rotatable bonds is 7. The number of nitrogens with zero attached hydrogens (tertiary/aromatic N) is 2. The van der Waals surface area contributed by atoms with E-state index in [-0.39, 0.29) is 39.1 Å². The lowest BCUT2D eigenvalue weighted by Crippen LogP contribution is -2.17. The largest absolute Gasteiger partial charge is 0.507 e. The molecule has 0 saturated heterocycles. The van der Waals surface area contributed by atoms with Gasteiger partial charge in [0, 0.05) is 17.2 Å². The number of hydrogen-bond acceptors (Lipinski definition) is 8. The van der Waals surface area contributed by atoms with Gasteiger partial charge in [0.05, 0.1) is 29.4 Å². The van der Waals surface area contributed by atoms with Gasteiger partial charge in [0.2, 0.25) is 0 Å². The van der Waals surface area contributed by atoms with E-state index >= 15 is 0 Å². The summed E-state index contributed by atoms with van der Waals surface area (Å²) in [5.41, 5.74) is 2.72. The molecule has 0 unspecified atom stereocenters. The molecule has 3 rings (SSSR count). The van der Waals surface area contributed by atoms with Gasteiger partial charge >= 0.3 is 5.97 Å². The molecule has 11 heteroatoms. The fraction of sp³-hybridized carbons (Fsp3) is 0.0455. The van der Waals surface area contributed by atoms with Crippen LogP contribution in [0.3, 0.4) is 0 Å². The van der Waals surface area contributed by atoms with Gasteiger partial charge in [-0.25, -0.2) is 10.2 Å². The first kappa shape index (κ1) is 23.2. The Morgan fingerprint density at radius 3 is 2.48 bits per heavy atom. The van der Waals surface area contributed by atoms with Gasteiger partial charge in [0.25, 0.3) is 11.6 Å². The van der Waals surface area contributed by atoms with Crippen molar-refractivity contribution in [1.82, 2.24) is 5.43 Å². The first-order chi connectivity index (χ1) is 15.8. The standard InChI is InChI=1S/C22H16ClN3O7/c1-32-20-10-13(12-24-25-21(28)17-11-15(23)5-8-18(17)27)2-9-19(20)33-22(29)14-3-6-16(7-4-14)26(30)31/h2-12,27H,1H3,(H,25,28)/b24-12-. The van der Waals surface area contributed by atoms with Crippen LogP contribution in [-0.2, 0) is 0 Å². The van der Waals surface area contributed by atoms with Gasteiger partial charge < -0.3 is 14.6 Å². The highest BCUT2D eigenvalue weighted by atomic mass is 35.5. The zero-order chi connectivity index (χ0) is 24.0. The van der Waals surface area contributed by atoms with Crippen LogP contribution in [0.2, 0.25) is 5.02 Å². The fourth-order valence-corrected chi connectivity index (χ4v) is 2.81. The zero-order valence-electron chi connectivity index (χ0n) is 17.0. The Morgan fingerprint density at radius 1 is 1.09 bits per heavy atom. The van der Waals surface area contributed by atoms with Crippen LogP contribution < -0.4 is 14.9 Å². The number of hydrazone groups is 1. The molecule has 10 nitrogen and oxygen atoms in total. The van der Waals surface area contributed by atoms with E-state index < -0.39 is 16.8 Å². The molecule has 0 heterocycles. The van der Waals surface area contributed by atoms with Crippen LogP contribution in [0.15, 0.2) is 65.8 Å². The number of nitro groups is 1. The number of nitrogens with one attached hydrogen (secondary N) is 1. The van der Waals surface area contributed by atoms with Crippen molar-refractivity contribution >= 4 is 35.4 Å². The van der Waals surface area contributed by atoms with E-state index in [1.54, 1.807) is 6.07 Å². The van der Waals surface area contributed by atoms with Crippen LogP contribution in [0.5, 0.6) is 17.2 Å². The van der Waals surface area contributed by atoms with Crippen LogP contribution >= 0.6 is 11.6 Å². The van der Waals surface area contributed by atoms with E-state index in [9.17, 15) is 24.8 Å². The predicted molar refractivity (Wildman–Crippen MR) is 119 cm³/mol. The van der Waals surface area contributed by atoms with Crippen LogP contribution in [0.25, 0.3) is 0 Å². The molecule has 168 valence electrons. The second-order valence-corrected chi connectivity index (χ2v) is 6.90. The summed E-state index contributed by atoms with van der Waals surface area (Å²) in [5.74, 6) is -1.29. The molecule has 0 aliphatic carbocycles. The maximum Gasteiger partial charge on any atom is 0.343 e. The molecular weight excluding hydrogens is 454 g/mol. The number of halogens is 1. The molecular formula is C22H16ClN3O7. The van der Waals surface area contributed by atoms with Gasteiger partial charge in [-0.2, -0.15) is 5.10 Å². The second-order valence-electron chi connectivity index (χ2n) is 6.46. The Labute approximate surface area is 192 Å². The highest BCUT2D eigenvalue weighted by molar-refractivity contribution is 6.31. The van der Waals surface area contributed by atoms with Gasteiger partial charge in [0.1, 0.15) is 5.75 Å². The zero-order valence-corrected chi connectivity index (χ0v) is 17.8. The lowest BCUT2D eigenvalue weighted by atomic mass is 10.2. The number of aromatic hydroxyl groups is 1. The molecule has 0 radical (unpaired) electrons. The number of esters is 1. The fourth-order valence-electron chi connectivity index (χ4n) is 2.64. The Morgan fingerprint density at radius 2 is 1.82 bits per heavy atom. The number of hydrogen-bond donors (Lipinski definition) is 2. The summed E-state index contributed by atoms with van der Waals surface area (Å²) in [5, 5.41) is 24.6. The van der Waals surface area contributed by atoms with E-state index in [4.69, 9.17) is 21.1 Å². The molecule has 0 spiro atoms. The number of phenols is 1. The second kappa shape index (κ2) is 10.2. The maximum atomic E-state index is 12.3. The molecule has 0 aliphatic rings. The number of amides is 1. The van der Waals surface area contributed by atoms with E-state index in [1.165, 1.54) is 67.9 Å². The third-order valence-electron chi connectivity index (χ3n) is 4.29. The predicted octanol–water partition coefficient (Wildman–Crippen LogP) is 3.95. The van der Waals surface area contributed by atoms with Crippen molar-refractivity contribution in [3.05, 3.63) is 92.5 Å². The lowest BCUT2D eigenvalue weighted by Gasteiger charge is -2.10. The Balaban J connectivity index is 1.68. The Kier molecular flexibility index (Phi) is 7.21. The molecule has 0 aromatic heterocycles. The average molecular weight is 470 g/mol. The van der Waals surface area contributed by atoms with Gasteiger partial charge in [-0.05, 0) is 54.1 Å². The normalized spacial score (nSPS) is 10.6. The van der Waals surface area contributed by atoms with Crippen molar-refractivity contribution in [1.29, 1.82) is 0 Å². The van der Waals surface area contributed by atoms with Crippen molar-refractivity contribution in [3.8, 4) is 17.2 Å². The van der Waals surface area contributed by atoms with Crippen molar-refractivity contribution in [2.75, 3.05) is 7.11 Å². The first-order valence-electron chi connectivity index (χ1n) is 9.25. The number of phenolic OH excluding ortho intramolecular Hbond substituents is 1. The van der Waals surface area contributed by atoms with Crippen LogP contribution in [0.4, 0.5) is 5.69 Å². The summed E-state index contributed by atoms with van der Waals surface area (Å²) in [6, 6.07) is 13.6. The maximum absolute atomic E-state index is 12.3. The molecule has 1 amide bonds. The Hall–Kier alpha value is -4.44. The van der Waals surface area contributed by atoms with Gasteiger partial charge in [0.15, 0.2) is 11.5 Å². The smallest absolute Gasteiger partial charge is 0.343 e. The molecule has 0 atom stereocenters. The van der Waals surface area contributed by atoms with Gasteiger partial charge in [-0.1, -0.05) is 11.6 Å². The highest BCUT2D eigenvalue weighted by Crippen LogP contribution is 2.28. The van der Waals surface area contributed by atoms with E-state index in [2.05, 4.69) is 10.5 Å². The number of carbonyl (C=O) groups is 2. The van der Waals surface area contributed by atoms with Gasteiger partial charge in [-0.3, -0.25) is 14.9 Å². The SMILES string of the molecule is COc1cc(/C=N\NC(=O)c2cc(Cl)ccc2O)ccc1OC(=O)c1ccc([N+](=O)[O-])cc1. The molecule has 3 aromatic carbocycles. The number of benzene rings is 3. The number of carbonyl (C=O) groups excluding carboxylic acids is 2. The number of non-ortho nitro benzene ring substituents is 1. The topological polar surface area (TPSA) is 140 Å². The Bertz CT molecular complexity index is 1240. The summed E-state index contributed by atoms with van der Waals surface area (Å²) in [7, 11) is 1.38. The number of nitro benzene ring substituents is 1. The molecule has 0 bridgehead atoms. The van der Waals surface area contributed by atoms with Crippen molar-refractivity contribution in [3.63, 3.8) is 0 Å². The molecule has 0 aliphatic heterocycles. The van der Waals surface area contributed by atoms with Crippen molar-refractivity contribution in [2.24, 2.45) is 5.10 Å². The van der Waals surface area contributed by atoms with E-state index in [1.807, 2.05) is 0 Å². The summed E-state index contributed by atoms with van der Waals surface area (Å²) >= 11 is 5.83. The number of ether oxygens (including phenoxy) is 2. The molecule has 3 aromatic rings. The lowest BCUT2D eigenvalue weighted by molar-refractivity contribution is -0.384. The summed E-state index contributed by atoms with van der Waals surface area (Å²) < 4.78 is 10.6. The minimum Gasteiger partial charge on any atom is -0.507 e. The van der Waals surface area contributed by atoms with E-state index in [0.29, 0.717) is 5.56 Å². The summed E-state index contributed by atoms with van der Waals surface area (Å²) in [6.07, 6.45) is 1.32. The van der Waals surface area contributed by atoms with Crippen LogP contribution in [-0.4, -0.2) is 35.2 Å². The van der Waals surface area contributed by atoms with Crippen molar-refractivity contribution < 1.29 is 29.1 Å². The quantitative estimate of drug-likeness (QED) is 0.175. The monoisotopic (exact) mass is 469 g/mol. The van der Waals surface area contributed by atoms with Crippen LogP contribution in [0, 0.1) is 10.1 Å². The summed E-state index contributed by atoms with van der Waals surface area (Å²) in [6.45, 7) is 0. The molecule has 33 heavy (non-hydrogen) atoms. The first-order valence-corrected chi connectivity index (χ1v) is 9.63. The molecule has 0 fully saturated rings. The van der Waals surface area contributed by atoms with Crippen LogP contribution in [0.1, 0.15) is 26.3 Å². The average Bonchev–Trinajstić information content (AvgIpc) is 2.81. The third kappa shape index (κ3) is 5.83. The number of methoxy groups -OCH3 is 1. The highest BCUT2D eigenvalue weighted by Gasteiger charge is 2.15. The van der Waals surface area contributed by atoms with Gasteiger partial charge in [-0.15, -0.1) is 0 Å². The minimum absolute atomic E-state index is 0.0364. The minimum atomic E-state index is -0.724. The van der Waals surface area contributed by atoms with E-state index in [0.717, 1.165) is 0 Å². The molecule has 0 saturated carbocycles. The third-order valence-corrected chi connectivity index (χ3v) is 4.52.